The van der Waals surface area contributed by atoms with Gasteiger partial charge in [-0.1, -0.05) is 26.7 Å². The monoisotopic (exact) mass is 205 g/mol. The van der Waals surface area contributed by atoms with Crippen LogP contribution in [-0.2, 0) is 0 Å². The largest absolute Gasteiger partial charge is 0.359 e. The van der Waals surface area contributed by atoms with Gasteiger partial charge in [0.2, 0.25) is 0 Å². The van der Waals surface area contributed by atoms with Crippen molar-refractivity contribution in [3.05, 3.63) is 24.0 Å². The van der Waals surface area contributed by atoms with E-state index < -0.39 is 0 Å². The number of carbonyl (C=O) groups is 1. The maximum atomic E-state index is 12.2. The first-order valence-corrected chi connectivity index (χ1v) is 5.79. The molecule has 0 aromatic carbocycles. The molecule has 2 rings (SSSR count). The minimum atomic E-state index is 0.167. The van der Waals surface area contributed by atoms with E-state index in [1.807, 2.05) is 18.3 Å². The zero-order chi connectivity index (χ0) is 10.9. The zero-order valence-corrected chi connectivity index (χ0v) is 9.55. The molecule has 1 aromatic rings. The van der Waals surface area contributed by atoms with Gasteiger partial charge in [-0.3, -0.25) is 4.79 Å². The van der Waals surface area contributed by atoms with Gasteiger partial charge >= 0.3 is 0 Å². The highest BCUT2D eigenvalue weighted by molar-refractivity contribution is 5.96. The Labute approximate surface area is 91.1 Å². The molecule has 1 unspecified atom stereocenters. The fraction of sp³-hybridized carbons (Fsp3) is 0.615. The van der Waals surface area contributed by atoms with E-state index in [1.54, 1.807) is 0 Å². The van der Waals surface area contributed by atoms with Crippen LogP contribution in [-0.4, -0.2) is 10.8 Å². The number of carbonyl (C=O) groups excluding carboxylic acids is 1. The van der Waals surface area contributed by atoms with E-state index in [-0.39, 0.29) is 11.3 Å². The molecule has 1 heterocycles. The van der Waals surface area contributed by atoms with Crippen molar-refractivity contribution in [1.82, 2.24) is 4.98 Å². The number of nitrogens with one attached hydrogen (secondary N) is 1. The molecule has 0 aliphatic heterocycles. The molecule has 2 heteroatoms. The summed E-state index contributed by atoms with van der Waals surface area (Å²) in [5.41, 5.74) is 0.940. The minimum Gasteiger partial charge on any atom is -0.359 e. The summed E-state index contributed by atoms with van der Waals surface area (Å²) in [6, 6.07) is 3.77. The predicted octanol–water partition coefficient (Wildman–Crippen LogP) is 3.41. The Balaban J connectivity index is 2.19. The van der Waals surface area contributed by atoms with Crippen LogP contribution in [0, 0.1) is 11.3 Å². The van der Waals surface area contributed by atoms with Gasteiger partial charge in [0.05, 0.1) is 5.69 Å². The molecule has 82 valence electrons. The van der Waals surface area contributed by atoms with Crippen LogP contribution in [0.4, 0.5) is 0 Å². The highest BCUT2D eigenvalue weighted by atomic mass is 16.1. The first-order chi connectivity index (χ1) is 7.11. The Morgan fingerprint density at radius 1 is 1.47 bits per heavy atom. The Kier molecular flexibility index (Phi) is 2.68. The molecule has 1 atom stereocenters. The first kappa shape index (κ1) is 10.5. The van der Waals surface area contributed by atoms with E-state index in [9.17, 15) is 4.79 Å². The minimum absolute atomic E-state index is 0.167. The summed E-state index contributed by atoms with van der Waals surface area (Å²) >= 11 is 0. The fourth-order valence-electron chi connectivity index (χ4n) is 2.65. The molecule has 2 nitrogen and oxygen atoms in total. The van der Waals surface area contributed by atoms with Crippen molar-refractivity contribution in [3.63, 3.8) is 0 Å². The van der Waals surface area contributed by atoms with E-state index in [2.05, 4.69) is 18.8 Å². The SMILES string of the molecule is CC1(C)CCCCC1C(=O)c1ccc[nH]1. The van der Waals surface area contributed by atoms with Crippen LogP contribution in [0.2, 0.25) is 0 Å². The Morgan fingerprint density at radius 2 is 2.27 bits per heavy atom. The number of hydrogen-bond acceptors (Lipinski definition) is 1. The second-order valence-electron chi connectivity index (χ2n) is 5.23. The average molecular weight is 205 g/mol. The Morgan fingerprint density at radius 3 is 2.87 bits per heavy atom. The number of aromatic amines is 1. The molecule has 0 spiro atoms. The number of aromatic nitrogens is 1. The van der Waals surface area contributed by atoms with E-state index in [0.717, 1.165) is 12.1 Å². The van der Waals surface area contributed by atoms with Crippen LogP contribution in [0.15, 0.2) is 18.3 Å². The van der Waals surface area contributed by atoms with Crippen LogP contribution in [0.25, 0.3) is 0 Å². The molecule has 1 N–H and O–H groups in total. The van der Waals surface area contributed by atoms with Crippen molar-refractivity contribution >= 4 is 5.78 Å². The number of ketones is 1. The van der Waals surface area contributed by atoms with Crippen molar-refractivity contribution in [2.75, 3.05) is 0 Å². The van der Waals surface area contributed by atoms with E-state index in [1.165, 1.54) is 19.3 Å². The number of H-pyrrole nitrogens is 1. The van der Waals surface area contributed by atoms with Crippen LogP contribution in [0.1, 0.15) is 50.0 Å². The standard InChI is InChI=1S/C13H19NO/c1-13(2)8-4-3-6-10(13)12(15)11-7-5-9-14-11/h5,7,9-10,14H,3-4,6,8H2,1-2H3. The third-order valence-electron chi connectivity index (χ3n) is 3.69. The highest BCUT2D eigenvalue weighted by Gasteiger charge is 2.37. The summed E-state index contributed by atoms with van der Waals surface area (Å²) in [6.45, 7) is 4.44. The van der Waals surface area contributed by atoms with Gasteiger partial charge in [0, 0.05) is 12.1 Å². The Hall–Kier alpha value is -1.05. The molecule has 1 saturated carbocycles. The van der Waals surface area contributed by atoms with Gasteiger partial charge in [-0.05, 0) is 30.4 Å². The van der Waals surface area contributed by atoms with Gasteiger partial charge < -0.3 is 4.98 Å². The van der Waals surface area contributed by atoms with Crippen molar-refractivity contribution in [2.24, 2.45) is 11.3 Å². The molecular weight excluding hydrogens is 186 g/mol. The summed E-state index contributed by atoms with van der Waals surface area (Å²) in [7, 11) is 0. The summed E-state index contributed by atoms with van der Waals surface area (Å²) in [4.78, 5) is 15.3. The summed E-state index contributed by atoms with van der Waals surface area (Å²) in [5, 5.41) is 0. The second kappa shape index (κ2) is 3.84. The van der Waals surface area contributed by atoms with Crippen molar-refractivity contribution in [3.8, 4) is 0 Å². The van der Waals surface area contributed by atoms with Crippen molar-refractivity contribution < 1.29 is 4.79 Å². The predicted molar refractivity (Wildman–Crippen MR) is 60.9 cm³/mol. The number of hydrogen-bond donors (Lipinski definition) is 1. The lowest BCUT2D eigenvalue weighted by Crippen LogP contribution is -2.34. The zero-order valence-electron chi connectivity index (χ0n) is 9.55. The molecule has 1 aromatic heterocycles. The lowest BCUT2D eigenvalue weighted by molar-refractivity contribution is 0.0692. The van der Waals surface area contributed by atoms with Gasteiger partial charge in [0.1, 0.15) is 0 Å². The van der Waals surface area contributed by atoms with Crippen molar-refractivity contribution in [2.45, 2.75) is 39.5 Å². The van der Waals surface area contributed by atoms with Gasteiger partial charge in [-0.15, -0.1) is 0 Å². The third-order valence-corrected chi connectivity index (χ3v) is 3.69. The molecule has 0 saturated heterocycles. The molecule has 0 amide bonds. The lowest BCUT2D eigenvalue weighted by atomic mass is 9.67. The van der Waals surface area contributed by atoms with Gasteiger partial charge in [-0.25, -0.2) is 0 Å². The van der Waals surface area contributed by atoms with Gasteiger partial charge in [-0.2, -0.15) is 0 Å². The molecule has 1 aliphatic carbocycles. The maximum Gasteiger partial charge on any atom is 0.182 e. The summed E-state index contributed by atoms with van der Waals surface area (Å²) in [6.07, 6.45) is 6.50. The smallest absolute Gasteiger partial charge is 0.182 e. The molecule has 1 aliphatic rings. The van der Waals surface area contributed by atoms with Crippen LogP contribution < -0.4 is 0 Å². The average Bonchev–Trinajstić information content (AvgIpc) is 2.69. The van der Waals surface area contributed by atoms with Gasteiger partial charge in [0.15, 0.2) is 5.78 Å². The van der Waals surface area contributed by atoms with Gasteiger partial charge in [0.25, 0.3) is 0 Å². The van der Waals surface area contributed by atoms with E-state index in [0.29, 0.717) is 5.78 Å². The molecule has 15 heavy (non-hydrogen) atoms. The van der Waals surface area contributed by atoms with Crippen LogP contribution >= 0.6 is 0 Å². The van der Waals surface area contributed by atoms with E-state index in [4.69, 9.17) is 0 Å². The van der Waals surface area contributed by atoms with Crippen LogP contribution in [0.5, 0.6) is 0 Å². The molecule has 1 fully saturated rings. The first-order valence-electron chi connectivity index (χ1n) is 5.79. The maximum absolute atomic E-state index is 12.2. The number of rotatable bonds is 2. The Bertz CT molecular complexity index is 337. The third kappa shape index (κ3) is 1.99. The molecule has 0 radical (unpaired) electrons. The quantitative estimate of drug-likeness (QED) is 0.737. The summed E-state index contributed by atoms with van der Waals surface area (Å²) in [5.74, 6) is 0.495. The van der Waals surface area contributed by atoms with Crippen LogP contribution in [0.3, 0.4) is 0 Å². The topological polar surface area (TPSA) is 32.9 Å². The number of Topliss-reactive ketones (excluding diaryl/α,β-unsaturated/α-hetero) is 1. The highest BCUT2D eigenvalue weighted by Crippen LogP contribution is 2.41. The molecular formula is C13H19NO. The van der Waals surface area contributed by atoms with E-state index >= 15 is 0 Å². The fourth-order valence-corrected chi connectivity index (χ4v) is 2.65. The second-order valence-corrected chi connectivity index (χ2v) is 5.23. The normalized spacial score (nSPS) is 25.1. The van der Waals surface area contributed by atoms with Crippen molar-refractivity contribution in [1.29, 1.82) is 0 Å². The summed E-state index contributed by atoms with van der Waals surface area (Å²) < 4.78 is 0. The molecule has 0 bridgehead atoms. The lowest BCUT2D eigenvalue weighted by Gasteiger charge is -2.37.